The average Bonchev–Trinajstić information content (AvgIpc) is 2.74. The molecule has 4 rings (SSSR count). The molecule has 1 heterocycles. The predicted octanol–water partition coefficient (Wildman–Crippen LogP) is 2.45. The topological polar surface area (TPSA) is 84.5 Å². The smallest absolute Gasteiger partial charge is 0.357 e. The van der Waals surface area contributed by atoms with Crippen LogP contribution < -0.4 is 15.1 Å². The fourth-order valence-electron chi connectivity index (χ4n) is 3.33. The van der Waals surface area contributed by atoms with E-state index in [9.17, 15) is 14.8 Å². The SMILES string of the molecule is CCOC(=O)COn1c(=O)c(-c2cccc3ccccc23)[n+]([O-])c2ccccc21. The molecule has 7 nitrogen and oxygen atoms in total. The van der Waals surface area contributed by atoms with E-state index in [2.05, 4.69) is 0 Å². The second-order valence-electron chi connectivity index (χ2n) is 6.34. The summed E-state index contributed by atoms with van der Waals surface area (Å²) in [6, 6.07) is 19.5. The lowest BCUT2D eigenvalue weighted by molar-refractivity contribution is -0.566. The van der Waals surface area contributed by atoms with E-state index in [1.807, 2.05) is 30.3 Å². The quantitative estimate of drug-likeness (QED) is 0.297. The third kappa shape index (κ3) is 3.27. The van der Waals surface area contributed by atoms with Gasteiger partial charge in [0.1, 0.15) is 0 Å². The summed E-state index contributed by atoms with van der Waals surface area (Å²) in [5.74, 6) is -0.603. The molecule has 0 N–H and O–H groups in total. The Hall–Kier alpha value is -3.87. The number of carbonyl (C=O) groups is 1. The van der Waals surface area contributed by atoms with Crippen LogP contribution in [0.25, 0.3) is 33.1 Å². The Morgan fingerprint density at radius 3 is 2.59 bits per heavy atom. The molecule has 0 fully saturated rings. The van der Waals surface area contributed by atoms with Crippen molar-refractivity contribution in [3.63, 3.8) is 0 Å². The van der Waals surface area contributed by atoms with Gasteiger partial charge in [-0.15, -0.1) is 4.73 Å². The Bertz CT molecular complexity index is 1270. The summed E-state index contributed by atoms with van der Waals surface area (Å²) in [6.07, 6.45) is 0. The fraction of sp³-hybridized carbons (Fsp3) is 0.136. The molecule has 146 valence electrons. The molecule has 7 heteroatoms. The Morgan fingerprint density at radius 1 is 1.03 bits per heavy atom. The van der Waals surface area contributed by atoms with E-state index in [1.54, 1.807) is 43.3 Å². The lowest BCUT2D eigenvalue weighted by Crippen LogP contribution is -2.43. The molecule has 0 spiro atoms. The first-order valence-electron chi connectivity index (χ1n) is 9.16. The Morgan fingerprint density at radius 2 is 1.76 bits per heavy atom. The molecule has 0 atom stereocenters. The van der Waals surface area contributed by atoms with Gasteiger partial charge in [0, 0.05) is 6.07 Å². The first-order chi connectivity index (χ1) is 14.1. The summed E-state index contributed by atoms with van der Waals surface area (Å²) in [5.41, 5.74) is 0.269. The third-order valence-corrected chi connectivity index (χ3v) is 4.57. The second-order valence-corrected chi connectivity index (χ2v) is 6.34. The van der Waals surface area contributed by atoms with Crippen LogP contribution >= 0.6 is 0 Å². The van der Waals surface area contributed by atoms with Crippen LogP contribution in [0.2, 0.25) is 0 Å². The number of aromatic nitrogens is 2. The Labute approximate surface area is 165 Å². The molecule has 0 radical (unpaired) electrons. The summed E-state index contributed by atoms with van der Waals surface area (Å²) in [6.45, 7) is 1.44. The van der Waals surface area contributed by atoms with Gasteiger partial charge in [0.25, 0.3) is 5.69 Å². The molecule has 0 saturated heterocycles. The van der Waals surface area contributed by atoms with Crippen LogP contribution in [0.3, 0.4) is 0 Å². The monoisotopic (exact) mass is 390 g/mol. The number of esters is 1. The van der Waals surface area contributed by atoms with Gasteiger partial charge in [-0.2, -0.15) is 4.73 Å². The van der Waals surface area contributed by atoms with Gasteiger partial charge in [-0.05, 0) is 29.8 Å². The minimum Gasteiger partial charge on any atom is -0.618 e. The molecule has 4 aromatic rings. The highest BCUT2D eigenvalue weighted by Crippen LogP contribution is 2.25. The molecule has 3 aromatic carbocycles. The predicted molar refractivity (Wildman–Crippen MR) is 108 cm³/mol. The van der Waals surface area contributed by atoms with Gasteiger partial charge in [0.2, 0.25) is 12.1 Å². The van der Waals surface area contributed by atoms with Crippen molar-refractivity contribution in [3.8, 4) is 11.3 Å². The zero-order valence-electron chi connectivity index (χ0n) is 15.7. The summed E-state index contributed by atoms with van der Waals surface area (Å²) in [5, 5.41) is 14.8. The van der Waals surface area contributed by atoms with Gasteiger partial charge < -0.3 is 14.8 Å². The highest BCUT2D eigenvalue weighted by atomic mass is 16.7. The third-order valence-electron chi connectivity index (χ3n) is 4.57. The van der Waals surface area contributed by atoms with Crippen LogP contribution in [0, 0.1) is 5.21 Å². The van der Waals surface area contributed by atoms with Crippen molar-refractivity contribution in [2.45, 2.75) is 6.92 Å². The van der Waals surface area contributed by atoms with Crippen molar-refractivity contribution in [1.82, 2.24) is 4.73 Å². The molecule has 0 aliphatic heterocycles. The summed E-state index contributed by atoms with van der Waals surface area (Å²) in [4.78, 5) is 30.5. The van der Waals surface area contributed by atoms with Crippen molar-refractivity contribution in [2.75, 3.05) is 13.2 Å². The van der Waals surface area contributed by atoms with Crippen LogP contribution in [0.1, 0.15) is 6.92 Å². The standard InChI is InChI=1S/C22H18N2O5/c1-2-28-20(25)14-29-24-19-13-6-5-12-18(19)23(27)21(22(24)26)17-11-7-9-15-8-3-4-10-16(15)17/h3-13H,2,14H2,1H3. The van der Waals surface area contributed by atoms with Crippen molar-refractivity contribution in [3.05, 3.63) is 82.3 Å². The number of ether oxygens (including phenoxy) is 1. The maximum absolute atomic E-state index is 13.3. The fourth-order valence-corrected chi connectivity index (χ4v) is 3.33. The van der Waals surface area contributed by atoms with Crippen LogP contribution in [0.5, 0.6) is 0 Å². The van der Waals surface area contributed by atoms with Crippen molar-refractivity contribution < 1.29 is 19.1 Å². The first kappa shape index (κ1) is 18.5. The highest BCUT2D eigenvalue weighted by Gasteiger charge is 2.25. The molecule has 0 aliphatic rings. The van der Waals surface area contributed by atoms with Gasteiger partial charge in [-0.3, -0.25) is 4.79 Å². The maximum Gasteiger partial charge on any atom is 0.357 e. The van der Waals surface area contributed by atoms with Crippen LogP contribution in [0.4, 0.5) is 0 Å². The number of carbonyl (C=O) groups excluding carboxylic acids is 1. The number of hydrogen-bond acceptors (Lipinski definition) is 5. The number of hydrogen-bond donors (Lipinski definition) is 0. The number of nitrogens with zero attached hydrogens (tertiary/aromatic N) is 2. The van der Waals surface area contributed by atoms with Crippen molar-refractivity contribution in [2.24, 2.45) is 0 Å². The number of benzene rings is 3. The van der Waals surface area contributed by atoms with E-state index in [0.717, 1.165) is 15.5 Å². The Balaban J connectivity index is 1.97. The van der Waals surface area contributed by atoms with Crippen LogP contribution in [-0.4, -0.2) is 23.9 Å². The van der Waals surface area contributed by atoms with Gasteiger partial charge in [-0.1, -0.05) is 48.5 Å². The molecule has 1 aromatic heterocycles. The minimum atomic E-state index is -0.653. The van der Waals surface area contributed by atoms with E-state index in [4.69, 9.17) is 9.57 Å². The highest BCUT2D eigenvalue weighted by molar-refractivity contribution is 5.95. The van der Waals surface area contributed by atoms with E-state index < -0.39 is 18.1 Å². The zero-order chi connectivity index (χ0) is 20.4. The lowest BCUT2D eigenvalue weighted by Gasteiger charge is -2.14. The number of rotatable bonds is 5. The average molecular weight is 390 g/mol. The zero-order valence-corrected chi connectivity index (χ0v) is 15.7. The van der Waals surface area contributed by atoms with Crippen molar-refractivity contribution in [1.29, 1.82) is 0 Å². The number of para-hydroxylation sites is 2. The Kier molecular flexibility index (Phi) is 4.87. The molecule has 0 saturated carbocycles. The van der Waals surface area contributed by atoms with Crippen molar-refractivity contribution >= 4 is 27.8 Å². The summed E-state index contributed by atoms with van der Waals surface area (Å²) >= 11 is 0. The molecular formula is C22H18N2O5. The largest absolute Gasteiger partial charge is 0.618 e. The van der Waals surface area contributed by atoms with E-state index in [0.29, 0.717) is 10.3 Å². The molecule has 0 amide bonds. The van der Waals surface area contributed by atoms with Gasteiger partial charge in [-0.25, -0.2) is 4.79 Å². The number of fused-ring (bicyclic) bond motifs is 2. The van der Waals surface area contributed by atoms with Gasteiger partial charge >= 0.3 is 11.5 Å². The summed E-state index contributed by atoms with van der Waals surface area (Å²) < 4.78 is 6.46. The van der Waals surface area contributed by atoms with E-state index >= 15 is 0 Å². The van der Waals surface area contributed by atoms with Crippen LogP contribution in [0.15, 0.2) is 71.5 Å². The molecule has 0 bridgehead atoms. The van der Waals surface area contributed by atoms with Gasteiger partial charge in [0.15, 0.2) is 5.52 Å². The summed E-state index contributed by atoms with van der Waals surface area (Å²) in [7, 11) is 0. The minimum absolute atomic E-state index is 0.0793. The molecule has 0 unspecified atom stereocenters. The van der Waals surface area contributed by atoms with Gasteiger partial charge in [0.05, 0.1) is 12.2 Å². The maximum atomic E-state index is 13.3. The van der Waals surface area contributed by atoms with Crippen LogP contribution in [-0.2, 0) is 9.53 Å². The first-order valence-corrected chi connectivity index (χ1v) is 9.16. The van der Waals surface area contributed by atoms with E-state index in [-0.39, 0.29) is 23.3 Å². The lowest BCUT2D eigenvalue weighted by atomic mass is 10.0. The molecule has 29 heavy (non-hydrogen) atoms. The molecular weight excluding hydrogens is 372 g/mol. The molecule has 0 aliphatic carbocycles. The van der Waals surface area contributed by atoms with E-state index in [1.165, 1.54) is 0 Å². The normalized spacial score (nSPS) is 10.9. The second kappa shape index (κ2) is 7.63.